The highest BCUT2D eigenvalue weighted by Gasteiger charge is 2.28. The first kappa shape index (κ1) is 13.2. The summed E-state index contributed by atoms with van der Waals surface area (Å²) in [5, 5.41) is 4.98. The Hall–Kier alpha value is -0.260. The van der Waals surface area contributed by atoms with Crippen molar-refractivity contribution in [1.82, 2.24) is 15.3 Å². The summed E-state index contributed by atoms with van der Waals surface area (Å²) in [7, 11) is 1.94. The third kappa shape index (κ3) is 3.36. The molecule has 0 spiro atoms. The van der Waals surface area contributed by atoms with E-state index in [4.69, 9.17) is 0 Å². The van der Waals surface area contributed by atoms with Crippen LogP contribution in [0.5, 0.6) is 0 Å². The van der Waals surface area contributed by atoms with Crippen molar-refractivity contribution in [2.45, 2.75) is 36.1 Å². The molecule has 94 valence electrons. The van der Waals surface area contributed by atoms with E-state index in [-0.39, 0.29) is 0 Å². The molecule has 17 heavy (non-hydrogen) atoms. The predicted octanol–water partition coefficient (Wildman–Crippen LogP) is 2.49. The molecule has 0 bridgehead atoms. The van der Waals surface area contributed by atoms with Gasteiger partial charge in [0.05, 0.1) is 5.25 Å². The predicted molar refractivity (Wildman–Crippen MR) is 76.5 cm³/mol. The molecule has 2 rings (SSSR count). The van der Waals surface area contributed by atoms with Gasteiger partial charge < -0.3 is 5.32 Å². The van der Waals surface area contributed by atoms with Crippen LogP contribution in [0, 0.1) is 0 Å². The molecular weight excluding hydrogens is 250 g/mol. The molecule has 1 aliphatic heterocycles. The van der Waals surface area contributed by atoms with Crippen LogP contribution >= 0.6 is 23.5 Å². The third-order valence-corrected chi connectivity index (χ3v) is 6.33. The quantitative estimate of drug-likeness (QED) is 0.912. The van der Waals surface area contributed by atoms with Crippen LogP contribution < -0.4 is 5.32 Å². The lowest BCUT2D eigenvalue weighted by Gasteiger charge is -2.30. The van der Waals surface area contributed by atoms with Crippen molar-refractivity contribution in [1.29, 1.82) is 0 Å². The molecule has 2 heterocycles. The zero-order chi connectivity index (χ0) is 12.3. The van der Waals surface area contributed by atoms with Crippen molar-refractivity contribution in [3.05, 3.63) is 23.8 Å². The van der Waals surface area contributed by atoms with Crippen molar-refractivity contribution >= 4 is 23.5 Å². The van der Waals surface area contributed by atoms with Crippen LogP contribution in [0.25, 0.3) is 0 Å². The molecule has 0 radical (unpaired) electrons. The van der Waals surface area contributed by atoms with E-state index in [1.54, 1.807) is 0 Å². The van der Waals surface area contributed by atoms with Crippen molar-refractivity contribution in [2.75, 3.05) is 12.8 Å². The van der Waals surface area contributed by atoms with Gasteiger partial charge in [-0.05, 0) is 7.05 Å². The van der Waals surface area contributed by atoms with E-state index in [0.717, 1.165) is 28.9 Å². The van der Waals surface area contributed by atoms with Gasteiger partial charge >= 0.3 is 0 Å². The van der Waals surface area contributed by atoms with Crippen LogP contribution in [0.1, 0.15) is 30.5 Å². The minimum absolute atomic E-state index is 0.454. The van der Waals surface area contributed by atoms with E-state index in [1.165, 1.54) is 0 Å². The molecule has 0 amide bonds. The Morgan fingerprint density at radius 2 is 2.00 bits per heavy atom. The Morgan fingerprint density at radius 3 is 2.59 bits per heavy atom. The highest BCUT2D eigenvalue weighted by molar-refractivity contribution is 8.07. The van der Waals surface area contributed by atoms with Gasteiger partial charge in [-0.15, -0.1) is 11.8 Å². The number of rotatable bonds is 3. The summed E-state index contributed by atoms with van der Waals surface area (Å²) in [6.07, 6.45) is 3.87. The van der Waals surface area contributed by atoms with Gasteiger partial charge in [0.25, 0.3) is 0 Å². The molecule has 1 N–H and O–H groups in total. The minimum Gasteiger partial charge on any atom is -0.316 e. The Morgan fingerprint density at radius 1 is 1.29 bits per heavy atom. The van der Waals surface area contributed by atoms with Gasteiger partial charge in [-0.3, -0.25) is 0 Å². The van der Waals surface area contributed by atoms with Crippen LogP contribution in [0.3, 0.4) is 0 Å². The molecule has 1 aromatic rings. The van der Waals surface area contributed by atoms with Gasteiger partial charge in [0.2, 0.25) is 0 Å². The topological polar surface area (TPSA) is 37.8 Å². The van der Waals surface area contributed by atoms with Crippen molar-refractivity contribution in [2.24, 2.45) is 0 Å². The Kier molecular flexibility index (Phi) is 4.70. The number of aromatic nitrogens is 2. The Bertz CT molecular complexity index is 355. The average Bonchev–Trinajstić information content (AvgIpc) is 2.34. The lowest BCUT2D eigenvalue weighted by Crippen LogP contribution is -2.23. The third-order valence-electron chi connectivity index (χ3n) is 2.94. The summed E-state index contributed by atoms with van der Waals surface area (Å²) in [5.41, 5.74) is 1.14. The molecule has 0 aromatic carbocycles. The Balaban J connectivity index is 2.02. The number of nitrogens with one attached hydrogen (secondary N) is 1. The van der Waals surface area contributed by atoms with E-state index < -0.39 is 0 Å². The van der Waals surface area contributed by atoms with Gasteiger partial charge in [0.15, 0.2) is 0 Å². The van der Waals surface area contributed by atoms with Gasteiger partial charge in [0, 0.05) is 40.8 Å². The molecule has 3 atom stereocenters. The van der Waals surface area contributed by atoms with Crippen molar-refractivity contribution in [3.8, 4) is 0 Å². The summed E-state index contributed by atoms with van der Waals surface area (Å²) in [4.78, 5) is 8.99. The van der Waals surface area contributed by atoms with Gasteiger partial charge in [-0.2, -0.15) is 11.8 Å². The molecule has 3 unspecified atom stereocenters. The van der Waals surface area contributed by atoms with Crippen LogP contribution in [0.2, 0.25) is 0 Å². The van der Waals surface area contributed by atoms with E-state index in [2.05, 4.69) is 29.1 Å². The second kappa shape index (κ2) is 6.07. The summed E-state index contributed by atoms with van der Waals surface area (Å²) in [5.74, 6) is 2.11. The first-order chi connectivity index (χ1) is 8.20. The normalized spacial score (nSPS) is 29.2. The van der Waals surface area contributed by atoms with E-state index in [0.29, 0.717) is 10.5 Å². The largest absolute Gasteiger partial charge is 0.316 e. The van der Waals surface area contributed by atoms with Crippen LogP contribution in [-0.2, 0) is 6.54 Å². The fraction of sp³-hybridized carbons (Fsp3) is 0.667. The number of hydrogen-bond acceptors (Lipinski definition) is 5. The van der Waals surface area contributed by atoms with Crippen molar-refractivity contribution < 1.29 is 0 Å². The van der Waals surface area contributed by atoms with Crippen LogP contribution in [0.15, 0.2) is 12.4 Å². The fourth-order valence-corrected chi connectivity index (χ4v) is 4.61. The molecule has 5 heteroatoms. The summed E-state index contributed by atoms with van der Waals surface area (Å²) in [6, 6.07) is 0. The molecule has 1 aliphatic rings. The average molecular weight is 269 g/mol. The maximum absolute atomic E-state index is 4.50. The fourth-order valence-electron chi connectivity index (χ4n) is 1.75. The number of nitrogens with zero attached hydrogens (tertiary/aromatic N) is 2. The molecule has 0 aliphatic carbocycles. The first-order valence-electron chi connectivity index (χ1n) is 5.93. The summed E-state index contributed by atoms with van der Waals surface area (Å²) < 4.78 is 0. The molecular formula is C12H19N3S2. The molecule has 0 saturated carbocycles. The molecule has 3 nitrogen and oxygen atoms in total. The second-order valence-electron chi connectivity index (χ2n) is 4.35. The zero-order valence-corrected chi connectivity index (χ0v) is 12.1. The lowest BCUT2D eigenvalue weighted by molar-refractivity contribution is 0.792. The summed E-state index contributed by atoms with van der Waals surface area (Å²) in [6.45, 7) is 5.43. The first-order valence-corrected chi connectivity index (χ1v) is 7.92. The molecule has 1 saturated heterocycles. The second-order valence-corrected chi connectivity index (χ2v) is 7.34. The van der Waals surface area contributed by atoms with Crippen LogP contribution in [0.4, 0.5) is 0 Å². The minimum atomic E-state index is 0.454. The van der Waals surface area contributed by atoms with Crippen LogP contribution in [-0.4, -0.2) is 33.3 Å². The van der Waals surface area contributed by atoms with Crippen molar-refractivity contribution in [3.63, 3.8) is 0 Å². The number of thioether (sulfide) groups is 2. The Labute approximate surface area is 112 Å². The summed E-state index contributed by atoms with van der Waals surface area (Å²) >= 11 is 4.04. The SMILES string of the molecule is CNCc1cnc(C2CSC(C)C(C)S2)nc1. The molecule has 1 aromatic heterocycles. The van der Waals surface area contributed by atoms with Gasteiger partial charge in [-0.25, -0.2) is 9.97 Å². The molecule has 1 fully saturated rings. The lowest BCUT2D eigenvalue weighted by atomic mass is 10.3. The monoisotopic (exact) mass is 269 g/mol. The van der Waals surface area contributed by atoms with E-state index in [1.807, 2.05) is 43.0 Å². The zero-order valence-electron chi connectivity index (χ0n) is 10.5. The van der Waals surface area contributed by atoms with Gasteiger partial charge in [0.1, 0.15) is 5.82 Å². The van der Waals surface area contributed by atoms with E-state index >= 15 is 0 Å². The standard InChI is InChI=1S/C12H19N3S2/c1-8-9(2)17-11(7-16-8)12-14-5-10(4-13-3)6-15-12/h5-6,8-9,11,13H,4,7H2,1-3H3. The smallest absolute Gasteiger partial charge is 0.142 e. The highest BCUT2D eigenvalue weighted by atomic mass is 32.2. The highest BCUT2D eigenvalue weighted by Crippen LogP contribution is 2.42. The van der Waals surface area contributed by atoms with Gasteiger partial charge in [-0.1, -0.05) is 13.8 Å². The van der Waals surface area contributed by atoms with E-state index in [9.17, 15) is 0 Å². The maximum atomic E-state index is 4.50. The maximum Gasteiger partial charge on any atom is 0.142 e. The number of hydrogen-bond donors (Lipinski definition) is 1.